The van der Waals surface area contributed by atoms with Gasteiger partial charge >= 0.3 is 0 Å². The van der Waals surface area contributed by atoms with Crippen molar-refractivity contribution in [2.45, 2.75) is 13.8 Å². The summed E-state index contributed by atoms with van der Waals surface area (Å²) in [7, 11) is 0. The molecule has 0 aliphatic rings. The lowest BCUT2D eigenvalue weighted by Gasteiger charge is -1.07. The smallest absolute Gasteiger partial charge is 0.0108 e. The van der Waals surface area contributed by atoms with E-state index in [1.54, 1.807) is 0 Å². The van der Waals surface area contributed by atoms with Gasteiger partial charge in [0.25, 0.3) is 0 Å². The van der Waals surface area contributed by atoms with Gasteiger partial charge in [-0.2, -0.15) is 0 Å². The van der Waals surface area contributed by atoms with Crippen LogP contribution in [0.3, 0.4) is 0 Å². The van der Waals surface area contributed by atoms with Gasteiger partial charge in [0.05, 0.1) is 0 Å². The third-order valence-corrected chi connectivity index (χ3v) is 0. The van der Waals surface area contributed by atoms with Crippen LogP contribution in [-0.2, 0) is 0 Å². The summed E-state index contributed by atoms with van der Waals surface area (Å²) < 4.78 is 0. The van der Waals surface area contributed by atoms with Crippen LogP contribution < -0.4 is 0 Å². The fourth-order valence-electron chi connectivity index (χ4n) is 0. The zero-order valence-corrected chi connectivity index (χ0v) is 4.13. The molecule has 0 saturated carbocycles. The summed E-state index contributed by atoms with van der Waals surface area (Å²) in [4.78, 5) is 0. The molecule has 0 N–H and O–H groups in total. The van der Waals surface area contributed by atoms with Gasteiger partial charge in [0.2, 0.25) is 0 Å². The molecule has 0 amide bonds. The van der Waals surface area contributed by atoms with Gasteiger partial charge in [-0.1, -0.05) is 13.8 Å². The van der Waals surface area contributed by atoms with Gasteiger partial charge in [0.1, 0.15) is 0 Å². The maximum atomic E-state index is 4.64. The van der Waals surface area contributed by atoms with Gasteiger partial charge in [0, 0.05) is 6.38 Å². The van der Waals surface area contributed by atoms with Crippen molar-refractivity contribution in [2.24, 2.45) is 0 Å². The van der Waals surface area contributed by atoms with Crippen molar-refractivity contribution >= 4 is 11.6 Å². The van der Waals surface area contributed by atoms with Crippen molar-refractivity contribution in [3.8, 4) is 0 Å². The molecule has 0 aromatic rings. The third-order valence-electron chi connectivity index (χ3n) is 0. The monoisotopic (exact) mass is 80.0 g/mol. The fourth-order valence-corrected chi connectivity index (χ4v) is 0. The lowest BCUT2D eigenvalue weighted by atomic mass is 11.0. The number of rotatable bonds is 0. The molecule has 0 nitrogen and oxygen atoms in total. The lowest BCUT2D eigenvalue weighted by molar-refractivity contribution is 1.50. The Morgan fingerprint density at radius 2 is 1.00 bits per heavy atom. The van der Waals surface area contributed by atoms with Crippen LogP contribution >= 0.6 is 11.6 Å². The molecule has 4 heavy (non-hydrogen) atoms. The summed E-state index contributed by atoms with van der Waals surface area (Å²) in [5.41, 5.74) is 0. The van der Waals surface area contributed by atoms with E-state index in [9.17, 15) is 0 Å². The number of hydrogen-bond donors (Lipinski definition) is 0. The van der Waals surface area contributed by atoms with E-state index in [1.807, 2.05) is 13.8 Å². The Labute approximate surface area is 32.8 Å². The number of halogens is 1. The van der Waals surface area contributed by atoms with Crippen LogP contribution in [0.4, 0.5) is 0 Å². The summed E-state index contributed by atoms with van der Waals surface area (Å²) in [6.45, 7) is 4.00. The second-order valence-corrected chi connectivity index (χ2v) is 0. The molecule has 0 heterocycles. The molecule has 0 aliphatic heterocycles. The average Bonchev–Trinajstić information content (AvgIpc) is 1.50. The van der Waals surface area contributed by atoms with Gasteiger partial charge in [-0.3, -0.25) is 0 Å². The first-order chi connectivity index (χ1) is 2.00. The number of alkyl halides is 1. The van der Waals surface area contributed by atoms with Crippen LogP contribution in [0, 0.1) is 0 Å². The molecule has 1 heteroatoms. The first-order valence-electron chi connectivity index (χ1n) is 1.38. The van der Waals surface area contributed by atoms with Gasteiger partial charge in [-0.15, -0.1) is 11.6 Å². The predicted octanol–water partition coefficient (Wildman–Crippen LogP) is 1.88. The minimum Gasteiger partial charge on any atom is -0.130 e. The van der Waals surface area contributed by atoms with E-state index >= 15 is 0 Å². The molecular weight excluding hydrogens is 71.5 g/mol. The summed E-state index contributed by atoms with van der Waals surface area (Å²) in [6.07, 6.45) is 1.47. The summed E-state index contributed by atoms with van der Waals surface area (Å²) in [5.74, 6) is 0. The number of hydrogen-bond acceptors (Lipinski definition) is 0. The third kappa shape index (κ3) is 45.3. The Bertz CT molecular complexity index is 3.25. The van der Waals surface area contributed by atoms with E-state index in [1.165, 1.54) is 6.38 Å². The standard InChI is InChI=1S/C2H6.CH3Cl/c2*1-2/h1-2H3;1H3. The van der Waals surface area contributed by atoms with E-state index in [4.69, 9.17) is 0 Å². The Morgan fingerprint density at radius 3 is 1.00 bits per heavy atom. The first kappa shape index (κ1) is 8.85. The molecule has 0 spiro atoms. The zero-order chi connectivity index (χ0) is 4.00. The maximum absolute atomic E-state index is 4.64. The molecule has 0 aliphatic carbocycles. The molecule has 0 atom stereocenters. The Kier molecular flexibility index (Phi) is 454. The van der Waals surface area contributed by atoms with Gasteiger partial charge in [-0.25, -0.2) is 0 Å². The Balaban J connectivity index is 0. The Hall–Kier alpha value is 0.290. The van der Waals surface area contributed by atoms with Crippen molar-refractivity contribution in [3.63, 3.8) is 0 Å². The summed E-state index contributed by atoms with van der Waals surface area (Å²) in [6, 6.07) is 0. The quantitative estimate of drug-likeness (QED) is 0.390. The highest BCUT2D eigenvalue weighted by atomic mass is 35.5. The van der Waals surface area contributed by atoms with Crippen LogP contribution in [0.2, 0.25) is 0 Å². The fraction of sp³-hybridized carbons (Fsp3) is 1.00. The molecule has 0 aromatic carbocycles. The van der Waals surface area contributed by atoms with Gasteiger partial charge in [-0.05, 0) is 0 Å². The van der Waals surface area contributed by atoms with E-state index in [2.05, 4.69) is 11.6 Å². The van der Waals surface area contributed by atoms with Gasteiger partial charge in [0.15, 0.2) is 0 Å². The van der Waals surface area contributed by atoms with Crippen LogP contribution in [0.5, 0.6) is 0 Å². The topological polar surface area (TPSA) is 0 Å². The molecule has 0 fully saturated rings. The van der Waals surface area contributed by atoms with Crippen molar-refractivity contribution in [1.29, 1.82) is 0 Å². The largest absolute Gasteiger partial charge is 0.130 e. The SMILES string of the molecule is CC.CCl. The van der Waals surface area contributed by atoms with Crippen LogP contribution in [-0.4, -0.2) is 6.38 Å². The molecule has 0 radical (unpaired) electrons. The van der Waals surface area contributed by atoms with E-state index in [0.29, 0.717) is 0 Å². The van der Waals surface area contributed by atoms with Crippen molar-refractivity contribution in [3.05, 3.63) is 0 Å². The van der Waals surface area contributed by atoms with Crippen LogP contribution in [0.15, 0.2) is 0 Å². The zero-order valence-electron chi connectivity index (χ0n) is 3.38. The molecular formula is C3H9Cl. The molecule has 0 aromatic heterocycles. The van der Waals surface area contributed by atoms with E-state index in [0.717, 1.165) is 0 Å². The normalized spacial score (nSPS) is 3.00. The molecule has 28 valence electrons. The van der Waals surface area contributed by atoms with E-state index < -0.39 is 0 Å². The first-order valence-corrected chi connectivity index (χ1v) is 2.13. The highest BCUT2D eigenvalue weighted by molar-refractivity contribution is 6.15. The maximum Gasteiger partial charge on any atom is 0.0108 e. The van der Waals surface area contributed by atoms with Crippen molar-refractivity contribution in [1.82, 2.24) is 0 Å². The van der Waals surface area contributed by atoms with Crippen LogP contribution in [0.25, 0.3) is 0 Å². The minimum absolute atomic E-state index is 1.47. The molecule has 0 saturated heterocycles. The van der Waals surface area contributed by atoms with Crippen molar-refractivity contribution in [2.75, 3.05) is 6.38 Å². The predicted molar refractivity (Wildman–Crippen MR) is 23.1 cm³/mol. The van der Waals surface area contributed by atoms with Crippen LogP contribution in [0.1, 0.15) is 13.8 Å². The highest BCUT2D eigenvalue weighted by Gasteiger charge is 0.943. The molecule has 0 bridgehead atoms. The average molecular weight is 80.6 g/mol. The summed E-state index contributed by atoms with van der Waals surface area (Å²) in [5, 5.41) is 0. The lowest BCUT2D eigenvalue weighted by Crippen LogP contribution is -0.856. The highest BCUT2D eigenvalue weighted by Crippen LogP contribution is 1.34. The minimum atomic E-state index is 1.47. The second kappa shape index (κ2) is 205. The molecule has 0 unspecified atom stereocenters. The van der Waals surface area contributed by atoms with Crippen molar-refractivity contribution < 1.29 is 0 Å². The summed E-state index contributed by atoms with van der Waals surface area (Å²) >= 11 is 4.64. The Morgan fingerprint density at radius 1 is 1.00 bits per heavy atom. The second-order valence-electron chi connectivity index (χ2n) is 0. The molecule has 0 rings (SSSR count). The van der Waals surface area contributed by atoms with Gasteiger partial charge < -0.3 is 0 Å². The van der Waals surface area contributed by atoms with E-state index in [-0.39, 0.29) is 0 Å².